The number of carboxylic acids is 1. The van der Waals surface area contributed by atoms with Crippen LogP contribution >= 0.6 is 0 Å². The Kier molecular flexibility index (Phi) is 3.33. The summed E-state index contributed by atoms with van der Waals surface area (Å²) in [6, 6.07) is 5.47. The molecule has 1 aromatic carbocycles. The number of rotatable bonds is 4. The minimum absolute atomic E-state index is 0.0367. The number of carbonyl (C=O) groups excluding carboxylic acids is 2. The highest BCUT2D eigenvalue weighted by Crippen LogP contribution is 2.60. The third-order valence-electron chi connectivity index (χ3n) is 6.37. The summed E-state index contributed by atoms with van der Waals surface area (Å²) in [5.74, 6) is -3.48. The van der Waals surface area contributed by atoms with E-state index >= 15 is 0 Å². The Balaban J connectivity index is 1.44. The van der Waals surface area contributed by atoms with Crippen LogP contribution in [0.25, 0.3) is 0 Å². The van der Waals surface area contributed by atoms with Gasteiger partial charge in [-0.2, -0.15) is 5.11 Å². The van der Waals surface area contributed by atoms with E-state index in [0.717, 1.165) is 4.90 Å². The summed E-state index contributed by atoms with van der Waals surface area (Å²) in [5, 5.41) is 30.1. The summed E-state index contributed by atoms with van der Waals surface area (Å²) in [6.45, 7) is -0.618. The van der Waals surface area contributed by atoms with Crippen LogP contribution in [0.5, 0.6) is 0 Å². The van der Waals surface area contributed by atoms with E-state index in [9.17, 15) is 24.5 Å². The number of nitrogens with zero attached hydrogens (tertiary/aromatic N) is 5. The molecule has 6 atom stereocenters. The normalized spacial score (nSPS) is 34.9. The largest absolute Gasteiger partial charge is 0.480 e. The number of carboxylic acid groups (broad SMARTS) is 1. The van der Waals surface area contributed by atoms with Crippen molar-refractivity contribution < 1.29 is 24.4 Å². The molecular formula is C17H15N5O6. The second-order valence-corrected chi connectivity index (χ2v) is 7.58. The lowest BCUT2D eigenvalue weighted by molar-refractivity contribution is -0.384. The van der Waals surface area contributed by atoms with Gasteiger partial charge in [-0.25, -0.2) is 5.01 Å². The van der Waals surface area contributed by atoms with Crippen LogP contribution in [0.15, 0.2) is 34.6 Å². The molecule has 2 amide bonds. The first-order valence-corrected chi connectivity index (χ1v) is 8.90. The van der Waals surface area contributed by atoms with Crippen molar-refractivity contribution in [3.8, 4) is 0 Å². The Morgan fingerprint density at radius 2 is 1.82 bits per heavy atom. The van der Waals surface area contributed by atoms with Crippen LogP contribution in [0, 0.1) is 33.8 Å². The molecular weight excluding hydrogens is 370 g/mol. The van der Waals surface area contributed by atoms with E-state index in [1.54, 1.807) is 17.1 Å². The molecule has 1 N–H and O–H groups in total. The smallest absolute Gasteiger partial charge is 0.323 e. The molecule has 11 nitrogen and oxygen atoms in total. The van der Waals surface area contributed by atoms with Gasteiger partial charge in [0.15, 0.2) is 0 Å². The molecule has 2 saturated carbocycles. The molecule has 5 rings (SSSR count). The van der Waals surface area contributed by atoms with Gasteiger partial charge >= 0.3 is 5.97 Å². The number of fused-ring (bicyclic) bond motifs is 8. The standard InChI is InChI=1S/C17H15N5O6/c23-11(24)6-20-16(25)12-9-5-10(13(12)17(20)26)15-14(9)18-19-21(15)7-1-3-8(4-2-7)22(27)28/h1-4,9-10,12-15H,5-6H2,(H,23,24)/t9-,10+,12-,13-,14+,15+/m1/s1. The van der Waals surface area contributed by atoms with Crippen LogP contribution in [-0.4, -0.2) is 51.3 Å². The van der Waals surface area contributed by atoms with Gasteiger partial charge in [0.25, 0.3) is 5.69 Å². The molecule has 28 heavy (non-hydrogen) atoms. The van der Waals surface area contributed by atoms with Gasteiger partial charge in [0.2, 0.25) is 11.8 Å². The third-order valence-corrected chi connectivity index (χ3v) is 6.37. The number of benzene rings is 1. The summed E-state index contributed by atoms with van der Waals surface area (Å²) in [7, 11) is 0. The predicted molar refractivity (Wildman–Crippen MR) is 90.9 cm³/mol. The monoisotopic (exact) mass is 385 g/mol. The SMILES string of the molecule is O=C(O)CN1C(=O)[C@@H]2[C@H]3C[C@@H]([C@H]2C1=O)[C@H]1[C@H]3N=NN1c1ccc([N+](=O)[O-])cc1. The molecule has 3 fully saturated rings. The average Bonchev–Trinajstić information content (AvgIpc) is 3.38. The maximum atomic E-state index is 12.8. The first-order chi connectivity index (χ1) is 13.4. The summed E-state index contributed by atoms with van der Waals surface area (Å²) in [6.07, 6.45) is 0.658. The van der Waals surface area contributed by atoms with E-state index in [-0.39, 0.29) is 29.6 Å². The zero-order valence-electron chi connectivity index (χ0n) is 14.4. The van der Waals surface area contributed by atoms with Gasteiger partial charge in [0.05, 0.1) is 34.5 Å². The molecule has 0 aromatic heterocycles. The van der Waals surface area contributed by atoms with E-state index in [1.807, 2.05) is 0 Å². The summed E-state index contributed by atoms with van der Waals surface area (Å²) >= 11 is 0. The number of nitro benzene ring substituents is 1. The van der Waals surface area contributed by atoms with Crippen LogP contribution in [0.4, 0.5) is 11.4 Å². The van der Waals surface area contributed by atoms with Crippen molar-refractivity contribution in [1.29, 1.82) is 0 Å². The minimum atomic E-state index is -1.22. The fourth-order valence-corrected chi connectivity index (χ4v) is 5.39. The average molecular weight is 385 g/mol. The van der Waals surface area contributed by atoms with Gasteiger partial charge in [0, 0.05) is 12.1 Å². The number of hydrogen-bond acceptors (Lipinski definition) is 8. The van der Waals surface area contributed by atoms with Crippen LogP contribution in [-0.2, 0) is 14.4 Å². The van der Waals surface area contributed by atoms with Crippen LogP contribution in [0.1, 0.15) is 6.42 Å². The number of likely N-dealkylation sites (tertiary alicyclic amines) is 1. The van der Waals surface area contributed by atoms with Crippen molar-refractivity contribution in [2.75, 3.05) is 11.6 Å². The van der Waals surface area contributed by atoms with Gasteiger partial charge in [-0.15, -0.1) is 0 Å². The van der Waals surface area contributed by atoms with E-state index in [4.69, 9.17) is 5.11 Å². The molecule has 0 radical (unpaired) electrons. The molecule has 11 heteroatoms. The highest BCUT2D eigenvalue weighted by Gasteiger charge is 2.70. The number of amides is 2. The second kappa shape index (κ2) is 5.57. The van der Waals surface area contributed by atoms with Crippen molar-refractivity contribution >= 4 is 29.2 Å². The molecule has 2 heterocycles. The Labute approximate surface area is 157 Å². The lowest BCUT2D eigenvalue weighted by atomic mass is 9.76. The van der Waals surface area contributed by atoms with Crippen molar-refractivity contribution in [3.05, 3.63) is 34.4 Å². The fraction of sp³-hybridized carbons (Fsp3) is 0.471. The number of anilines is 1. The predicted octanol–water partition coefficient (Wildman–Crippen LogP) is 0.855. The number of non-ortho nitro benzene ring substituents is 1. The Bertz CT molecular complexity index is 946. The second-order valence-electron chi connectivity index (χ2n) is 7.58. The van der Waals surface area contributed by atoms with Gasteiger partial charge in [-0.05, 0) is 30.4 Å². The molecule has 4 aliphatic rings. The summed E-state index contributed by atoms with van der Waals surface area (Å²) in [4.78, 5) is 47.7. The zero-order chi connectivity index (χ0) is 19.7. The molecule has 2 aliphatic carbocycles. The molecule has 1 aromatic rings. The summed E-state index contributed by atoms with van der Waals surface area (Å²) in [5.41, 5.74) is 0.593. The fourth-order valence-electron chi connectivity index (χ4n) is 5.39. The Hall–Kier alpha value is -3.37. The highest BCUT2D eigenvalue weighted by atomic mass is 16.6. The van der Waals surface area contributed by atoms with Gasteiger partial charge < -0.3 is 5.11 Å². The minimum Gasteiger partial charge on any atom is -0.480 e. The van der Waals surface area contributed by atoms with Gasteiger partial charge in [-0.1, -0.05) is 5.22 Å². The number of aliphatic carboxylic acids is 1. The number of nitro groups is 1. The van der Waals surface area contributed by atoms with E-state index in [0.29, 0.717) is 12.1 Å². The van der Waals surface area contributed by atoms with E-state index in [2.05, 4.69) is 10.3 Å². The van der Waals surface area contributed by atoms with Gasteiger partial charge in [0.1, 0.15) is 6.54 Å². The molecule has 2 bridgehead atoms. The first kappa shape index (κ1) is 16.8. The van der Waals surface area contributed by atoms with Crippen LogP contribution in [0.3, 0.4) is 0 Å². The molecule has 0 unspecified atom stereocenters. The third kappa shape index (κ3) is 2.06. The van der Waals surface area contributed by atoms with E-state index in [1.165, 1.54) is 12.1 Å². The highest BCUT2D eigenvalue weighted by molar-refractivity contribution is 6.08. The molecule has 2 aliphatic heterocycles. The zero-order valence-corrected chi connectivity index (χ0v) is 14.4. The van der Waals surface area contributed by atoms with Crippen molar-refractivity contribution in [2.45, 2.75) is 18.5 Å². The summed E-state index contributed by atoms with van der Waals surface area (Å²) < 4.78 is 0. The maximum Gasteiger partial charge on any atom is 0.323 e. The first-order valence-electron chi connectivity index (χ1n) is 8.90. The lowest BCUT2D eigenvalue weighted by Gasteiger charge is -2.33. The molecule has 1 saturated heterocycles. The number of hydrogen-bond donors (Lipinski definition) is 1. The Morgan fingerprint density at radius 3 is 2.43 bits per heavy atom. The van der Waals surface area contributed by atoms with Crippen LogP contribution in [0.2, 0.25) is 0 Å². The van der Waals surface area contributed by atoms with Gasteiger partial charge in [-0.3, -0.25) is 29.4 Å². The Morgan fingerprint density at radius 1 is 1.18 bits per heavy atom. The topological polar surface area (TPSA) is 146 Å². The number of imide groups is 1. The number of carbonyl (C=O) groups is 3. The molecule has 144 valence electrons. The molecule has 0 spiro atoms. The van der Waals surface area contributed by atoms with Crippen molar-refractivity contribution in [2.24, 2.45) is 34.0 Å². The van der Waals surface area contributed by atoms with E-state index < -0.39 is 41.1 Å². The van der Waals surface area contributed by atoms with Crippen LogP contribution < -0.4 is 5.01 Å². The lowest BCUT2D eigenvalue weighted by Crippen LogP contribution is -2.47. The quantitative estimate of drug-likeness (QED) is 0.459. The maximum absolute atomic E-state index is 12.8. The van der Waals surface area contributed by atoms with Crippen molar-refractivity contribution in [3.63, 3.8) is 0 Å². The van der Waals surface area contributed by atoms with Crippen molar-refractivity contribution in [1.82, 2.24) is 4.90 Å².